The lowest BCUT2D eigenvalue weighted by Crippen LogP contribution is -2.47. The molecule has 0 radical (unpaired) electrons. The number of carbonyl (C=O) groups excluding carboxylic acids is 2. The van der Waals surface area contributed by atoms with E-state index in [1.165, 1.54) is 47.4 Å². The second-order valence-corrected chi connectivity index (χ2v) is 10.5. The van der Waals surface area contributed by atoms with Crippen molar-refractivity contribution in [2.45, 2.75) is 20.3 Å². The number of carboxylic acid groups (broad SMARTS) is 3. The van der Waals surface area contributed by atoms with Gasteiger partial charge in [0.2, 0.25) is 0 Å². The number of ether oxygens (including phenoxy) is 1. The summed E-state index contributed by atoms with van der Waals surface area (Å²) in [6, 6.07) is 18.6. The molecule has 2 amide bonds. The molecular weight excluding hydrogens is 610 g/mol. The van der Waals surface area contributed by atoms with Gasteiger partial charge in [-0.3, -0.25) is 24.1 Å². The molecule has 5 rings (SSSR count). The Kier molecular flexibility index (Phi) is 9.12. The van der Waals surface area contributed by atoms with Gasteiger partial charge in [0.25, 0.3) is 11.8 Å². The molecule has 2 aliphatic heterocycles. The lowest BCUT2D eigenvalue weighted by Gasteiger charge is -2.28. The number of amidine groups is 1. The molecule has 0 unspecified atom stereocenters. The molecule has 3 N–H and O–H groups in total. The molecule has 14 heteroatoms. The highest BCUT2D eigenvalue weighted by molar-refractivity contribution is 6.61. The van der Waals surface area contributed by atoms with Gasteiger partial charge in [-0.2, -0.15) is 5.01 Å². The summed E-state index contributed by atoms with van der Waals surface area (Å²) < 4.78 is 5.91. The number of amides is 2. The van der Waals surface area contributed by atoms with Crippen LogP contribution in [0.1, 0.15) is 30.6 Å². The van der Waals surface area contributed by atoms with Gasteiger partial charge in [-0.15, -0.1) is 5.10 Å². The van der Waals surface area contributed by atoms with Gasteiger partial charge in [0.05, 0.1) is 29.1 Å². The number of aliphatic imine (C=N–C) groups is 1. The summed E-state index contributed by atoms with van der Waals surface area (Å²) >= 11 is 0. The van der Waals surface area contributed by atoms with Crippen LogP contribution in [0.15, 0.2) is 94.0 Å². The second kappa shape index (κ2) is 13.4. The maximum atomic E-state index is 14.2. The van der Waals surface area contributed by atoms with Crippen LogP contribution in [0.4, 0.5) is 22.7 Å². The monoisotopic (exact) mass is 639 g/mol. The van der Waals surface area contributed by atoms with Crippen molar-refractivity contribution in [3.63, 3.8) is 0 Å². The SMILES string of the molecule is CCCOc1cc(N(CC(=O)O)CC(=O)O)ccc1N=C1C(=O)N(c2ccccc2)C2=NN(c3ccc(C(=O)O)cc3)C(=O)C2=C1C. The average Bonchev–Trinajstić information content (AvgIpc) is 3.38. The van der Waals surface area contributed by atoms with E-state index in [9.17, 15) is 39.3 Å². The van der Waals surface area contributed by atoms with E-state index in [0.717, 1.165) is 9.91 Å². The van der Waals surface area contributed by atoms with E-state index in [1.54, 1.807) is 37.3 Å². The molecule has 0 saturated heterocycles. The minimum atomic E-state index is -1.23. The molecule has 0 bridgehead atoms. The number of hydrogen-bond donors (Lipinski definition) is 3. The highest BCUT2D eigenvalue weighted by Crippen LogP contribution is 2.37. The maximum Gasteiger partial charge on any atom is 0.335 e. The number of anilines is 3. The number of para-hydroxylation sites is 1. The lowest BCUT2D eigenvalue weighted by molar-refractivity contribution is -0.136. The number of aromatic carboxylic acids is 1. The van der Waals surface area contributed by atoms with E-state index in [2.05, 4.69) is 10.1 Å². The Bertz CT molecular complexity index is 1850. The summed E-state index contributed by atoms with van der Waals surface area (Å²) in [7, 11) is 0. The zero-order valence-electron chi connectivity index (χ0n) is 25.3. The summed E-state index contributed by atoms with van der Waals surface area (Å²) in [4.78, 5) is 69.4. The number of rotatable bonds is 12. The number of carbonyl (C=O) groups is 5. The van der Waals surface area contributed by atoms with Crippen LogP contribution in [0, 0.1) is 0 Å². The van der Waals surface area contributed by atoms with Crippen LogP contribution in [0.25, 0.3) is 0 Å². The molecule has 0 spiro atoms. The maximum absolute atomic E-state index is 14.2. The Morgan fingerprint density at radius 1 is 0.872 bits per heavy atom. The first-order chi connectivity index (χ1) is 22.5. The molecule has 3 aromatic rings. The predicted molar refractivity (Wildman–Crippen MR) is 172 cm³/mol. The number of nitrogens with zero attached hydrogens (tertiary/aromatic N) is 5. The third kappa shape index (κ3) is 6.56. The van der Waals surface area contributed by atoms with Gasteiger partial charge < -0.3 is 25.0 Å². The van der Waals surface area contributed by atoms with Crippen molar-refractivity contribution in [2.75, 3.05) is 34.5 Å². The molecule has 0 atom stereocenters. The fraction of sp³-hybridized carbons (Fsp3) is 0.182. The van der Waals surface area contributed by atoms with Crippen LogP contribution in [-0.4, -0.2) is 76.3 Å². The fourth-order valence-corrected chi connectivity index (χ4v) is 5.03. The van der Waals surface area contributed by atoms with Crippen LogP contribution >= 0.6 is 0 Å². The molecular formula is C33H29N5O9. The van der Waals surface area contributed by atoms with Gasteiger partial charge >= 0.3 is 17.9 Å². The zero-order chi connectivity index (χ0) is 33.8. The van der Waals surface area contributed by atoms with Gasteiger partial charge in [0, 0.05) is 11.8 Å². The Balaban J connectivity index is 1.64. The van der Waals surface area contributed by atoms with Gasteiger partial charge in [-0.05, 0) is 67.4 Å². The first-order valence-electron chi connectivity index (χ1n) is 14.4. The third-order valence-electron chi connectivity index (χ3n) is 7.20. The van der Waals surface area contributed by atoms with E-state index in [-0.39, 0.29) is 52.0 Å². The number of benzene rings is 3. The molecule has 47 heavy (non-hydrogen) atoms. The van der Waals surface area contributed by atoms with E-state index >= 15 is 0 Å². The molecule has 0 fully saturated rings. The van der Waals surface area contributed by atoms with Crippen molar-refractivity contribution in [3.8, 4) is 5.75 Å². The first kappa shape index (κ1) is 32.1. The van der Waals surface area contributed by atoms with Crippen molar-refractivity contribution < 1.29 is 44.0 Å². The number of carboxylic acids is 3. The normalized spacial score (nSPS) is 15.1. The summed E-state index contributed by atoms with van der Waals surface area (Å²) in [5.41, 5.74) is 1.44. The van der Waals surface area contributed by atoms with Gasteiger partial charge in [-0.25, -0.2) is 9.79 Å². The molecule has 2 heterocycles. The number of fused-ring (bicyclic) bond motifs is 1. The van der Waals surface area contributed by atoms with Crippen molar-refractivity contribution in [1.29, 1.82) is 0 Å². The Hall–Kier alpha value is -6.31. The summed E-state index contributed by atoms with van der Waals surface area (Å²) in [6.45, 7) is 2.53. The van der Waals surface area contributed by atoms with E-state index in [4.69, 9.17) is 4.74 Å². The average molecular weight is 640 g/mol. The Morgan fingerprint density at radius 3 is 2.13 bits per heavy atom. The second-order valence-electron chi connectivity index (χ2n) is 10.5. The molecule has 0 saturated carbocycles. The van der Waals surface area contributed by atoms with Gasteiger partial charge in [-0.1, -0.05) is 25.1 Å². The zero-order valence-corrected chi connectivity index (χ0v) is 25.3. The standard InChI is InChI=1S/C33H29N5O9/c1-3-15-47-25-16-23(36(17-26(39)40)18-27(41)42)13-14-24(25)34-29-19(2)28-30(37(32(29)44)21-7-5-4-6-8-21)35-38(31(28)43)22-11-9-20(10-12-22)33(45)46/h4-14,16H,3,15,17-18H2,1-2H3,(H,39,40)(H,41,42)(H,45,46). The number of aliphatic carboxylic acids is 2. The number of hydrazone groups is 1. The third-order valence-corrected chi connectivity index (χ3v) is 7.20. The van der Waals surface area contributed by atoms with Crippen LogP contribution in [0.2, 0.25) is 0 Å². The minimum absolute atomic E-state index is 0.0255. The van der Waals surface area contributed by atoms with Gasteiger partial charge in [0.15, 0.2) is 5.84 Å². The highest BCUT2D eigenvalue weighted by atomic mass is 16.5. The van der Waals surface area contributed by atoms with E-state index in [1.807, 2.05) is 6.92 Å². The van der Waals surface area contributed by atoms with Crippen LogP contribution < -0.4 is 19.5 Å². The molecule has 0 aromatic heterocycles. The smallest absolute Gasteiger partial charge is 0.335 e. The Labute approximate surface area is 268 Å². The Morgan fingerprint density at radius 2 is 1.53 bits per heavy atom. The predicted octanol–water partition coefficient (Wildman–Crippen LogP) is 3.95. The first-order valence-corrected chi connectivity index (χ1v) is 14.4. The van der Waals surface area contributed by atoms with Crippen LogP contribution in [-0.2, 0) is 19.2 Å². The molecule has 240 valence electrons. The molecule has 0 aliphatic carbocycles. The van der Waals surface area contributed by atoms with Crippen molar-refractivity contribution in [1.82, 2.24) is 0 Å². The van der Waals surface area contributed by atoms with Crippen LogP contribution in [0.5, 0.6) is 5.75 Å². The van der Waals surface area contributed by atoms with Crippen molar-refractivity contribution in [3.05, 3.63) is 89.5 Å². The molecule has 14 nitrogen and oxygen atoms in total. The highest BCUT2D eigenvalue weighted by Gasteiger charge is 2.45. The van der Waals surface area contributed by atoms with Crippen LogP contribution in [0.3, 0.4) is 0 Å². The lowest BCUT2D eigenvalue weighted by atomic mass is 9.96. The summed E-state index contributed by atoms with van der Waals surface area (Å²) in [6.07, 6.45) is 0.607. The van der Waals surface area contributed by atoms with E-state index < -0.39 is 42.8 Å². The van der Waals surface area contributed by atoms with E-state index in [0.29, 0.717) is 17.8 Å². The van der Waals surface area contributed by atoms with Crippen molar-refractivity contribution >= 4 is 64.0 Å². The van der Waals surface area contributed by atoms with Gasteiger partial charge in [0.1, 0.15) is 30.2 Å². The quantitative estimate of drug-likeness (QED) is 0.262. The number of hydrogen-bond acceptors (Lipinski definition) is 9. The summed E-state index contributed by atoms with van der Waals surface area (Å²) in [5, 5.41) is 33.5. The van der Waals surface area contributed by atoms with Crippen molar-refractivity contribution in [2.24, 2.45) is 10.1 Å². The molecule has 3 aromatic carbocycles. The fourth-order valence-electron chi connectivity index (χ4n) is 5.03. The summed E-state index contributed by atoms with van der Waals surface area (Å²) in [5.74, 6) is -4.49. The largest absolute Gasteiger partial charge is 0.491 e. The minimum Gasteiger partial charge on any atom is -0.491 e. The topological polar surface area (TPSA) is 190 Å². The molecule has 2 aliphatic rings.